The van der Waals surface area contributed by atoms with Crippen LogP contribution in [0.25, 0.3) is 11.4 Å². The van der Waals surface area contributed by atoms with Gasteiger partial charge in [-0.05, 0) is 35.6 Å². The average Bonchev–Trinajstić information content (AvgIpc) is 3.16. The normalized spacial score (nSPS) is 11.1. The molecule has 0 atom stereocenters. The third-order valence-corrected chi connectivity index (χ3v) is 3.85. The molecule has 1 aromatic heterocycles. The van der Waals surface area contributed by atoms with Crippen LogP contribution in [0.15, 0.2) is 48.5 Å². The average molecular weight is 439 g/mol. The molecule has 0 radical (unpaired) electrons. The Bertz CT molecular complexity index is 1070. The van der Waals surface area contributed by atoms with Gasteiger partial charge in [0.25, 0.3) is 5.91 Å². The third-order valence-electron chi connectivity index (χ3n) is 3.65. The minimum absolute atomic E-state index is 0.0835. The van der Waals surface area contributed by atoms with E-state index in [0.29, 0.717) is 0 Å². The molecule has 3 N–H and O–H groups in total. The van der Waals surface area contributed by atoms with Crippen LogP contribution in [0.5, 0.6) is 0 Å². The van der Waals surface area contributed by atoms with Crippen LogP contribution in [-0.2, 0) is 17.5 Å². The summed E-state index contributed by atoms with van der Waals surface area (Å²) in [5.74, 6) is -1.48. The van der Waals surface area contributed by atoms with E-state index in [2.05, 4.69) is 31.6 Å². The highest BCUT2D eigenvalue weighted by Gasteiger charge is 2.34. The van der Waals surface area contributed by atoms with Crippen molar-refractivity contribution in [3.8, 4) is 11.4 Å². The first kappa shape index (κ1) is 21.1. The Morgan fingerprint density at radius 1 is 1.07 bits per heavy atom. The minimum Gasteiger partial charge on any atom is -0.329 e. The molecule has 0 unspecified atom stereocenters. The van der Waals surface area contributed by atoms with Crippen LogP contribution in [-0.4, -0.2) is 31.2 Å². The molecule has 1 heterocycles. The summed E-state index contributed by atoms with van der Waals surface area (Å²) < 4.78 is 52.9. The van der Waals surface area contributed by atoms with E-state index in [9.17, 15) is 22.4 Å². The van der Waals surface area contributed by atoms with E-state index in [4.69, 9.17) is 12.2 Å². The van der Waals surface area contributed by atoms with Crippen LogP contribution in [0.1, 0.15) is 5.56 Å². The second-order valence-corrected chi connectivity index (χ2v) is 6.20. The maximum atomic E-state index is 13.5. The van der Waals surface area contributed by atoms with Crippen molar-refractivity contribution in [2.24, 2.45) is 0 Å². The lowest BCUT2D eigenvalue weighted by atomic mass is 10.1. The highest BCUT2D eigenvalue weighted by Crippen LogP contribution is 2.35. The van der Waals surface area contributed by atoms with Crippen LogP contribution in [0.3, 0.4) is 0 Å². The number of benzene rings is 2. The Labute approximate surface area is 172 Å². The largest absolute Gasteiger partial charge is 0.417 e. The molecule has 156 valence electrons. The van der Waals surface area contributed by atoms with E-state index in [0.717, 1.165) is 10.9 Å². The summed E-state index contributed by atoms with van der Waals surface area (Å²) in [6.45, 7) is -0.448. The third kappa shape index (κ3) is 5.26. The molecular formula is C17H13F4N7OS. The summed E-state index contributed by atoms with van der Waals surface area (Å²) in [4.78, 5) is 12.8. The Balaban J connectivity index is 1.58. The molecule has 3 aromatic rings. The molecule has 0 aliphatic carbocycles. The monoisotopic (exact) mass is 439 g/mol. The molecule has 0 aliphatic rings. The van der Waals surface area contributed by atoms with Crippen LogP contribution in [0, 0.1) is 5.82 Å². The number of carbonyl (C=O) groups is 1. The Morgan fingerprint density at radius 2 is 1.77 bits per heavy atom. The predicted molar refractivity (Wildman–Crippen MR) is 102 cm³/mol. The second-order valence-electron chi connectivity index (χ2n) is 5.79. The Hall–Kier alpha value is -3.61. The lowest BCUT2D eigenvalue weighted by Gasteiger charge is -2.11. The van der Waals surface area contributed by atoms with Crippen molar-refractivity contribution in [2.45, 2.75) is 12.7 Å². The number of tetrazole rings is 1. The first-order valence-electron chi connectivity index (χ1n) is 8.29. The number of amides is 1. The summed E-state index contributed by atoms with van der Waals surface area (Å²) in [7, 11) is 0. The molecular weight excluding hydrogens is 426 g/mol. The van der Waals surface area contributed by atoms with Crippen LogP contribution in [0.2, 0.25) is 0 Å². The number of para-hydroxylation sites is 1. The highest BCUT2D eigenvalue weighted by molar-refractivity contribution is 7.80. The van der Waals surface area contributed by atoms with Crippen molar-refractivity contribution < 1.29 is 22.4 Å². The molecule has 0 spiro atoms. The Morgan fingerprint density at radius 3 is 2.50 bits per heavy atom. The van der Waals surface area contributed by atoms with Crippen molar-refractivity contribution in [3.63, 3.8) is 0 Å². The second kappa shape index (κ2) is 8.82. The van der Waals surface area contributed by atoms with Crippen molar-refractivity contribution >= 4 is 28.9 Å². The summed E-state index contributed by atoms with van der Waals surface area (Å²) in [6.07, 6.45) is -4.59. The standard InChI is InChI=1S/C17H13F4N7OS/c18-12-7-3-4-8-13(12)22-16(30)25-23-14(29)9-28-26-15(24-27-28)10-5-1-2-6-11(10)17(19,20)21/h1-8H,9H2,(H,23,29)(H2,22,25,30). The number of nitrogens with zero attached hydrogens (tertiary/aromatic N) is 4. The summed E-state index contributed by atoms with van der Waals surface area (Å²) >= 11 is 4.94. The van der Waals surface area contributed by atoms with Crippen molar-refractivity contribution in [1.82, 2.24) is 31.1 Å². The molecule has 30 heavy (non-hydrogen) atoms. The smallest absolute Gasteiger partial charge is 0.329 e. The molecule has 0 saturated heterocycles. The summed E-state index contributed by atoms with van der Waals surface area (Å²) in [5.41, 5.74) is 3.52. The number of carbonyl (C=O) groups excluding carboxylic acids is 1. The molecule has 0 saturated carbocycles. The van der Waals surface area contributed by atoms with E-state index in [-0.39, 0.29) is 22.2 Å². The van der Waals surface area contributed by atoms with Crippen LogP contribution < -0.4 is 16.2 Å². The fraction of sp³-hybridized carbons (Fsp3) is 0.118. The van der Waals surface area contributed by atoms with Crippen molar-refractivity contribution in [2.75, 3.05) is 5.32 Å². The first-order valence-corrected chi connectivity index (χ1v) is 8.69. The number of hydrogen-bond donors (Lipinski definition) is 3. The molecule has 0 bridgehead atoms. The van der Waals surface area contributed by atoms with Crippen molar-refractivity contribution in [3.05, 3.63) is 59.9 Å². The van der Waals surface area contributed by atoms with Gasteiger partial charge in [0.15, 0.2) is 5.11 Å². The first-order chi connectivity index (χ1) is 14.2. The van der Waals surface area contributed by atoms with Gasteiger partial charge in [-0.1, -0.05) is 30.3 Å². The summed E-state index contributed by atoms with van der Waals surface area (Å²) in [5, 5.41) is 13.4. The predicted octanol–water partition coefficient (Wildman–Crippen LogP) is 2.52. The molecule has 2 aromatic carbocycles. The zero-order valence-corrected chi connectivity index (χ0v) is 15.8. The van der Waals surface area contributed by atoms with Gasteiger partial charge in [0, 0.05) is 5.56 Å². The SMILES string of the molecule is O=C(Cn1nnc(-c2ccccc2C(F)(F)F)n1)NNC(=S)Nc1ccccc1F. The zero-order chi connectivity index (χ0) is 21.7. The fourth-order valence-corrected chi connectivity index (χ4v) is 2.51. The molecule has 0 fully saturated rings. The van der Waals surface area contributed by atoms with Crippen LogP contribution >= 0.6 is 12.2 Å². The van der Waals surface area contributed by atoms with Gasteiger partial charge in [0.2, 0.25) is 5.82 Å². The number of nitrogens with one attached hydrogen (secondary N) is 3. The number of hydrogen-bond acceptors (Lipinski definition) is 5. The van der Waals surface area contributed by atoms with Crippen LogP contribution in [0.4, 0.5) is 23.2 Å². The topological polar surface area (TPSA) is 96.8 Å². The van der Waals surface area contributed by atoms with Gasteiger partial charge in [-0.3, -0.25) is 15.6 Å². The molecule has 1 amide bonds. The van der Waals surface area contributed by atoms with Gasteiger partial charge in [0.1, 0.15) is 12.4 Å². The van der Waals surface area contributed by atoms with E-state index in [1.807, 2.05) is 0 Å². The lowest BCUT2D eigenvalue weighted by Crippen LogP contribution is -2.45. The van der Waals surface area contributed by atoms with Gasteiger partial charge in [0.05, 0.1) is 11.3 Å². The quantitative estimate of drug-likeness (QED) is 0.327. The number of rotatable bonds is 4. The maximum Gasteiger partial charge on any atom is 0.417 e. The molecule has 0 aliphatic heterocycles. The van der Waals surface area contributed by atoms with E-state index in [1.165, 1.54) is 36.4 Å². The number of aromatic nitrogens is 4. The van der Waals surface area contributed by atoms with E-state index in [1.54, 1.807) is 6.07 Å². The molecule has 3 rings (SSSR count). The van der Waals surface area contributed by atoms with E-state index < -0.39 is 30.0 Å². The number of thiocarbonyl (C=S) groups is 1. The van der Waals surface area contributed by atoms with Gasteiger partial charge < -0.3 is 5.32 Å². The number of alkyl halides is 3. The molecule has 13 heteroatoms. The highest BCUT2D eigenvalue weighted by atomic mass is 32.1. The van der Waals surface area contributed by atoms with E-state index >= 15 is 0 Å². The van der Waals surface area contributed by atoms with Gasteiger partial charge in [-0.25, -0.2) is 4.39 Å². The fourth-order valence-electron chi connectivity index (χ4n) is 2.35. The number of halogens is 4. The lowest BCUT2D eigenvalue weighted by molar-refractivity contribution is -0.137. The van der Waals surface area contributed by atoms with Crippen molar-refractivity contribution in [1.29, 1.82) is 0 Å². The zero-order valence-electron chi connectivity index (χ0n) is 14.9. The summed E-state index contributed by atoms with van der Waals surface area (Å²) in [6, 6.07) is 10.5. The molecule has 8 nitrogen and oxygen atoms in total. The minimum atomic E-state index is -4.59. The number of anilines is 1. The number of hydrazine groups is 1. The van der Waals surface area contributed by atoms with Gasteiger partial charge in [-0.2, -0.15) is 18.0 Å². The van der Waals surface area contributed by atoms with Gasteiger partial charge in [-0.15, -0.1) is 10.2 Å². The maximum absolute atomic E-state index is 13.5. The van der Waals surface area contributed by atoms with Gasteiger partial charge >= 0.3 is 6.18 Å². The Kier molecular flexibility index (Phi) is 6.20.